The van der Waals surface area contributed by atoms with E-state index in [9.17, 15) is 15.2 Å². The third kappa shape index (κ3) is 4.84. The molecule has 10 heteroatoms. The van der Waals surface area contributed by atoms with Crippen molar-refractivity contribution in [3.8, 4) is 28.0 Å². The monoisotopic (exact) mass is 502 g/mol. The average Bonchev–Trinajstić information content (AvgIpc) is 3.40. The van der Waals surface area contributed by atoms with E-state index in [2.05, 4.69) is 16.4 Å². The van der Waals surface area contributed by atoms with E-state index in [1.54, 1.807) is 24.2 Å². The Morgan fingerprint density at radius 3 is 2.94 bits per heavy atom. The summed E-state index contributed by atoms with van der Waals surface area (Å²) in [6.07, 6.45) is 4.95. The number of benzene rings is 1. The molecule has 0 bridgehead atoms. The lowest BCUT2D eigenvalue weighted by atomic mass is 9.91. The van der Waals surface area contributed by atoms with Gasteiger partial charge < -0.3 is 15.3 Å². The summed E-state index contributed by atoms with van der Waals surface area (Å²) in [4.78, 5) is 28.0. The second kappa shape index (κ2) is 9.85. The molecule has 2 N–H and O–H groups in total. The van der Waals surface area contributed by atoms with Crippen molar-refractivity contribution in [1.29, 1.82) is 5.26 Å². The number of rotatable bonds is 5. The van der Waals surface area contributed by atoms with Crippen LogP contribution in [-0.2, 0) is 10.4 Å². The van der Waals surface area contributed by atoms with Crippen molar-refractivity contribution in [2.45, 2.75) is 43.0 Å². The highest BCUT2D eigenvalue weighted by atomic mass is 32.1. The molecule has 1 amide bonds. The summed E-state index contributed by atoms with van der Waals surface area (Å²) in [6.45, 7) is 0.533. The Morgan fingerprint density at radius 1 is 1.26 bits per heavy atom. The molecule has 0 saturated carbocycles. The fourth-order valence-electron chi connectivity index (χ4n) is 4.58. The van der Waals surface area contributed by atoms with Crippen LogP contribution in [0.1, 0.15) is 31.2 Å². The number of thiazole rings is 1. The molecule has 0 unspecified atom stereocenters. The molecular weight excluding hydrogens is 476 g/mol. The number of likely N-dealkylation sites (N-methyl/N-ethyl adjacent to an activating group) is 1. The van der Waals surface area contributed by atoms with Crippen molar-refractivity contribution in [1.82, 2.24) is 19.9 Å². The number of carbonyl (C=O) groups excluding carboxylic acids is 1. The number of likely N-dealkylation sites (tertiary alicyclic amines) is 1. The Hall–Kier alpha value is -3.13. The zero-order valence-corrected chi connectivity index (χ0v) is 21.3. The molecule has 178 valence electrons. The quantitative estimate of drug-likeness (QED) is 0.513. The van der Waals surface area contributed by atoms with Crippen molar-refractivity contribution >= 4 is 32.7 Å². The molecule has 2 aromatic heterocycles. The molecule has 3 aromatic rings. The van der Waals surface area contributed by atoms with E-state index in [1.165, 1.54) is 11.3 Å². The molecule has 1 aromatic carbocycles. The number of amides is 1. The number of aliphatic hydroxyl groups is 1. The van der Waals surface area contributed by atoms with Gasteiger partial charge in [-0.1, -0.05) is 24.2 Å². The molecule has 35 heavy (non-hydrogen) atoms. The number of carbonyl (C=O) groups is 1. The van der Waals surface area contributed by atoms with Crippen molar-refractivity contribution in [3.63, 3.8) is 0 Å². The fourth-order valence-corrected chi connectivity index (χ4v) is 6.86. The summed E-state index contributed by atoms with van der Waals surface area (Å²) in [5.74, 6) is 0.466. The lowest BCUT2D eigenvalue weighted by molar-refractivity contribution is -0.143. The van der Waals surface area contributed by atoms with E-state index in [4.69, 9.17) is 9.97 Å². The van der Waals surface area contributed by atoms with Crippen LogP contribution in [0.3, 0.4) is 0 Å². The van der Waals surface area contributed by atoms with Crippen LogP contribution < -0.4 is 5.32 Å². The van der Waals surface area contributed by atoms with Gasteiger partial charge in [0, 0.05) is 48.7 Å². The van der Waals surface area contributed by atoms with Gasteiger partial charge in [0.1, 0.15) is 10.7 Å². The molecule has 2 aliphatic rings. The van der Waals surface area contributed by atoms with Gasteiger partial charge in [-0.25, -0.2) is 15.0 Å². The summed E-state index contributed by atoms with van der Waals surface area (Å²) in [6, 6.07) is 12.7. The number of hydrogen-bond acceptors (Lipinski definition) is 8. The molecule has 2 fully saturated rings. The van der Waals surface area contributed by atoms with Gasteiger partial charge in [-0.2, -0.15) is 5.26 Å². The van der Waals surface area contributed by atoms with Crippen molar-refractivity contribution in [3.05, 3.63) is 47.5 Å². The highest BCUT2D eigenvalue weighted by Gasteiger charge is 2.45. The number of hydrogen-bond donors (Lipinski definition) is 2. The first-order chi connectivity index (χ1) is 17.0. The molecular formula is C25H26N6O2SSi. The van der Waals surface area contributed by atoms with Gasteiger partial charge in [-0.3, -0.25) is 4.79 Å². The fraction of sp³-hybridized carbons (Fsp3) is 0.400. The summed E-state index contributed by atoms with van der Waals surface area (Å²) in [7, 11) is 2.45. The summed E-state index contributed by atoms with van der Waals surface area (Å²) in [5, 5.41) is 26.5. The molecule has 2 saturated heterocycles. The SMILES string of the molecule is CN1CC[C@@](O)(c2cccc(-c3nc(-c4ccnc(N[C@H]5CC[C@@H](C#N)CC[Si]5)n4)cs3)c2)C1=O. The normalized spacial score (nSPS) is 24.7. The highest BCUT2D eigenvalue weighted by Crippen LogP contribution is 2.36. The van der Waals surface area contributed by atoms with Gasteiger partial charge in [0.05, 0.1) is 21.3 Å². The van der Waals surface area contributed by atoms with Crippen LogP contribution in [0, 0.1) is 17.2 Å². The number of anilines is 1. The average molecular weight is 503 g/mol. The number of nitriles is 1. The van der Waals surface area contributed by atoms with Crippen LogP contribution in [0.5, 0.6) is 0 Å². The highest BCUT2D eigenvalue weighted by molar-refractivity contribution is 7.13. The molecule has 5 rings (SSSR count). The van der Waals surface area contributed by atoms with E-state index in [0.717, 1.165) is 56.8 Å². The van der Waals surface area contributed by atoms with Crippen molar-refractivity contribution < 1.29 is 9.90 Å². The lowest BCUT2D eigenvalue weighted by Crippen LogP contribution is -2.36. The zero-order valence-electron chi connectivity index (χ0n) is 19.4. The molecule has 8 nitrogen and oxygen atoms in total. The first-order valence-corrected chi connectivity index (χ1v) is 13.9. The smallest absolute Gasteiger partial charge is 0.258 e. The van der Waals surface area contributed by atoms with Gasteiger partial charge in [0.15, 0.2) is 5.60 Å². The summed E-state index contributed by atoms with van der Waals surface area (Å²) < 4.78 is 0. The molecule has 0 aliphatic carbocycles. The van der Waals surface area contributed by atoms with Crippen molar-refractivity contribution in [2.75, 3.05) is 18.9 Å². The number of nitrogens with one attached hydrogen (secondary N) is 1. The van der Waals surface area contributed by atoms with Crippen LogP contribution in [0.25, 0.3) is 22.0 Å². The zero-order chi connectivity index (χ0) is 24.4. The Kier molecular flexibility index (Phi) is 6.64. The topological polar surface area (TPSA) is 115 Å². The predicted molar refractivity (Wildman–Crippen MR) is 136 cm³/mol. The number of nitrogens with zero attached hydrogens (tertiary/aromatic N) is 5. The van der Waals surface area contributed by atoms with E-state index in [-0.39, 0.29) is 11.8 Å². The third-order valence-corrected chi connectivity index (χ3v) is 9.09. The summed E-state index contributed by atoms with van der Waals surface area (Å²) >= 11 is 1.50. The van der Waals surface area contributed by atoms with Crippen LogP contribution in [-0.4, -0.2) is 59.6 Å². The molecule has 2 radical (unpaired) electrons. The molecule has 3 atom stereocenters. The van der Waals surface area contributed by atoms with E-state index in [0.29, 0.717) is 30.1 Å². The Bertz CT molecular complexity index is 1280. The second-order valence-electron chi connectivity index (χ2n) is 9.06. The maximum atomic E-state index is 12.5. The van der Waals surface area contributed by atoms with E-state index in [1.807, 2.05) is 29.6 Å². The van der Waals surface area contributed by atoms with Crippen LogP contribution in [0.2, 0.25) is 6.04 Å². The van der Waals surface area contributed by atoms with Crippen LogP contribution in [0.4, 0.5) is 5.95 Å². The minimum atomic E-state index is -1.48. The van der Waals surface area contributed by atoms with Gasteiger partial charge >= 0.3 is 0 Å². The second-order valence-corrected chi connectivity index (χ2v) is 11.5. The van der Waals surface area contributed by atoms with Gasteiger partial charge in [-0.05, 0) is 37.0 Å². The Labute approximate surface area is 210 Å². The first kappa shape index (κ1) is 23.6. The van der Waals surface area contributed by atoms with Gasteiger partial charge in [-0.15, -0.1) is 11.3 Å². The van der Waals surface area contributed by atoms with E-state index < -0.39 is 5.60 Å². The first-order valence-electron chi connectivity index (χ1n) is 11.7. The minimum absolute atomic E-state index is 0.155. The molecule has 2 aliphatic heterocycles. The summed E-state index contributed by atoms with van der Waals surface area (Å²) in [5.41, 5.74) is 1.75. The maximum Gasteiger partial charge on any atom is 0.258 e. The maximum absolute atomic E-state index is 12.5. The van der Waals surface area contributed by atoms with Crippen LogP contribution in [0.15, 0.2) is 41.9 Å². The van der Waals surface area contributed by atoms with Gasteiger partial charge in [0.25, 0.3) is 5.91 Å². The largest absolute Gasteiger partial charge is 0.375 e. The number of aromatic nitrogens is 3. The minimum Gasteiger partial charge on any atom is -0.375 e. The Morgan fingerprint density at radius 2 is 2.14 bits per heavy atom. The molecule has 4 heterocycles. The Balaban J connectivity index is 1.33. The third-order valence-electron chi connectivity index (χ3n) is 6.69. The van der Waals surface area contributed by atoms with Crippen LogP contribution >= 0.6 is 11.3 Å². The standard InChI is InChI=1S/C25H26N6O2SSi/c1-31-11-9-25(33,23(31)32)18-4-2-3-17(13-18)22-28-20(15-34-22)19-7-10-27-24(29-19)30-21-6-5-16(14-26)8-12-35-21/h2-4,7,10,13,15-16,21,33H,5-6,8-9,11-12H2,1H3,(H,27,29,30)/t16-,21-,25-/m1/s1. The van der Waals surface area contributed by atoms with E-state index >= 15 is 0 Å². The van der Waals surface area contributed by atoms with Gasteiger partial charge in [0.2, 0.25) is 5.95 Å². The van der Waals surface area contributed by atoms with Crippen molar-refractivity contribution in [2.24, 2.45) is 5.92 Å². The molecule has 0 spiro atoms. The lowest BCUT2D eigenvalue weighted by Gasteiger charge is -2.21. The predicted octanol–water partition coefficient (Wildman–Crippen LogP) is 3.50.